The number of carbonyl (C=O) groups excluding carboxylic acids is 1. The molecule has 8 fully saturated rings. The first-order valence-corrected chi connectivity index (χ1v) is 19.4. The normalized spacial score (nSPS) is 55.2. The standard InChI is InChI=1S/C21H35NO.C19H32O/c1-5-14-6-8-16-15-7-9-18-21(3,13-11-19(23)22(18)4)17(15)10-12-20(14,16)2;1-4-13-5-7-15-14-6-8-17-19(3,11-12-20-17)16(14)9-10-18(13,15)2/h14-18H,5-13H2,1-4H3;13-17H,4-12H2,1-3H3/t14-,15?,16?,17?,18?,20+,21+;13-,14?,15?,16?,17?,18+,19+/m00/s1. The van der Waals surface area contributed by atoms with Crippen LogP contribution in [0.5, 0.6) is 0 Å². The lowest BCUT2D eigenvalue weighted by atomic mass is 9.47. The molecule has 6 saturated carbocycles. The highest BCUT2D eigenvalue weighted by Gasteiger charge is 2.62. The molecule has 0 bridgehead atoms. The molecule has 43 heavy (non-hydrogen) atoms. The number of amides is 1. The van der Waals surface area contributed by atoms with Crippen molar-refractivity contribution in [3.8, 4) is 0 Å². The second kappa shape index (κ2) is 11.0. The van der Waals surface area contributed by atoms with Gasteiger partial charge in [0.2, 0.25) is 5.91 Å². The van der Waals surface area contributed by atoms with Crippen molar-refractivity contribution < 1.29 is 9.53 Å². The minimum atomic E-state index is 0.386. The Balaban J connectivity index is 0.000000141. The fourth-order valence-electron chi connectivity index (χ4n) is 15.2. The van der Waals surface area contributed by atoms with Crippen LogP contribution < -0.4 is 0 Å². The van der Waals surface area contributed by atoms with Crippen molar-refractivity contribution in [2.24, 2.45) is 69.0 Å². The van der Waals surface area contributed by atoms with E-state index in [2.05, 4.69) is 53.5 Å². The SMILES string of the molecule is CC[C@H]1CCC2C3CCC4N(C)C(=O)CC[C@]4(C)C3CC[C@@]21C.CC[C@H]1CCC2C3CCC4OCC[C@]4(C)C3CC[C@@]21C. The molecule has 14 atom stereocenters. The highest BCUT2D eigenvalue weighted by molar-refractivity contribution is 5.77. The van der Waals surface area contributed by atoms with Crippen LogP contribution >= 0.6 is 0 Å². The van der Waals surface area contributed by atoms with E-state index in [-0.39, 0.29) is 0 Å². The van der Waals surface area contributed by atoms with Gasteiger partial charge in [-0.1, -0.05) is 54.4 Å². The number of hydrogen-bond acceptors (Lipinski definition) is 2. The summed E-state index contributed by atoms with van der Waals surface area (Å²) in [6, 6.07) is 0.512. The molecule has 3 nitrogen and oxygen atoms in total. The molecule has 0 radical (unpaired) electrons. The van der Waals surface area contributed by atoms with E-state index in [0.29, 0.717) is 39.7 Å². The van der Waals surface area contributed by atoms with Crippen LogP contribution in [0.2, 0.25) is 0 Å². The molecule has 0 aromatic carbocycles. The van der Waals surface area contributed by atoms with E-state index in [9.17, 15) is 4.79 Å². The van der Waals surface area contributed by atoms with Crippen LogP contribution in [0.4, 0.5) is 0 Å². The van der Waals surface area contributed by atoms with Crippen LogP contribution in [-0.2, 0) is 9.53 Å². The second-order valence-electron chi connectivity index (χ2n) is 18.5. The highest BCUT2D eigenvalue weighted by atomic mass is 16.5. The monoisotopic (exact) mass is 594 g/mol. The van der Waals surface area contributed by atoms with Gasteiger partial charge in [-0.3, -0.25) is 4.79 Å². The molecule has 8 aliphatic rings. The number of fused-ring (bicyclic) bond motifs is 10. The maximum Gasteiger partial charge on any atom is 0.222 e. The third-order valence-electron chi connectivity index (χ3n) is 17.7. The molecule has 244 valence electrons. The predicted octanol–water partition coefficient (Wildman–Crippen LogP) is 9.92. The van der Waals surface area contributed by atoms with E-state index in [1.54, 1.807) is 0 Å². The fraction of sp³-hybridized carbons (Fsp3) is 0.975. The Kier molecular flexibility index (Phi) is 7.95. The van der Waals surface area contributed by atoms with Crippen molar-refractivity contribution in [3.63, 3.8) is 0 Å². The molecular formula is C40H67NO2. The zero-order valence-corrected chi connectivity index (χ0v) is 29.3. The molecule has 8 unspecified atom stereocenters. The summed E-state index contributed by atoms with van der Waals surface area (Å²) in [5, 5.41) is 0. The highest BCUT2D eigenvalue weighted by Crippen LogP contribution is 2.68. The third kappa shape index (κ3) is 4.44. The minimum Gasteiger partial charge on any atom is -0.378 e. The summed E-state index contributed by atoms with van der Waals surface area (Å²) in [5.74, 6) is 8.16. The Bertz CT molecular complexity index is 1060. The smallest absolute Gasteiger partial charge is 0.222 e. The van der Waals surface area contributed by atoms with Crippen LogP contribution in [0.1, 0.15) is 151 Å². The van der Waals surface area contributed by atoms with Gasteiger partial charge in [0.05, 0.1) is 6.10 Å². The molecule has 0 spiro atoms. The number of ether oxygens (including phenoxy) is 1. The maximum atomic E-state index is 12.2. The summed E-state index contributed by atoms with van der Waals surface area (Å²) in [4.78, 5) is 14.3. The van der Waals surface area contributed by atoms with Gasteiger partial charge >= 0.3 is 0 Å². The maximum absolute atomic E-state index is 12.2. The van der Waals surface area contributed by atoms with Gasteiger partial charge in [-0.2, -0.15) is 0 Å². The molecule has 0 N–H and O–H groups in total. The molecule has 2 aliphatic heterocycles. The number of nitrogens with zero attached hydrogens (tertiary/aromatic N) is 1. The first-order valence-electron chi connectivity index (χ1n) is 19.4. The first-order chi connectivity index (χ1) is 20.5. The van der Waals surface area contributed by atoms with Crippen molar-refractivity contribution in [1.82, 2.24) is 4.90 Å². The predicted molar refractivity (Wildman–Crippen MR) is 176 cm³/mol. The molecule has 6 aliphatic carbocycles. The molecule has 0 aromatic rings. The number of piperidine rings is 1. The van der Waals surface area contributed by atoms with Crippen LogP contribution in [0, 0.1) is 69.0 Å². The topological polar surface area (TPSA) is 29.5 Å². The molecule has 2 heterocycles. The van der Waals surface area contributed by atoms with Gasteiger partial charge in [0.1, 0.15) is 0 Å². The van der Waals surface area contributed by atoms with E-state index >= 15 is 0 Å². The van der Waals surface area contributed by atoms with E-state index in [1.807, 2.05) is 0 Å². The lowest BCUT2D eigenvalue weighted by Crippen LogP contribution is -2.61. The van der Waals surface area contributed by atoms with Crippen molar-refractivity contribution in [2.75, 3.05) is 13.7 Å². The second-order valence-corrected chi connectivity index (χ2v) is 18.5. The Morgan fingerprint density at radius 2 is 1.16 bits per heavy atom. The van der Waals surface area contributed by atoms with Gasteiger partial charge in [0.15, 0.2) is 0 Å². The summed E-state index contributed by atoms with van der Waals surface area (Å²) >= 11 is 0. The molecule has 1 amide bonds. The number of carbonyl (C=O) groups is 1. The minimum absolute atomic E-state index is 0.386. The summed E-state index contributed by atoms with van der Waals surface area (Å²) < 4.78 is 6.09. The van der Waals surface area contributed by atoms with E-state index < -0.39 is 0 Å². The van der Waals surface area contributed by atoms with Crippen LogP contribution in [-0.4, -0.2) is 36.6 Å². The Morgan fingerprint density at radius 3 is 1.74 bits per heavy atom. The zero-order chi connectivity index (χ0) is 30.4. The van der Waals surface area contributed by atoms with Crippen LogP contribution in [0.25, 0.3) is 0 Å². The Morgan fingerprint density at radius 1 is 0.628 bits per heavy atom. The summed E-state index contributed by atoms with van der Waals surface area (Å²) in [6.07, 6.45) is 23.9. The molecule has 8 rings (SSSR count). The van der Waals surface area contributed by atoms with E-state index in [4.69, 9.17) is 4.74 Å². The van der Waals surface area contributed by atoms with Gasteiger partial charge in [-0.25, -0.2) is 0 Å². The van der Waals surface area contributed by atoms with Gasteiger partial charge in [0, 0.05) is 26.1 Å². The molecule has 0 aromatic heterocycles. The molecular weight excluding hydrogens is 526 g/mol. The molecule has 2 saturated heterocycles. The van der Waals surface area contributed by atoms with Crippen molar-refractivity contribution in [1.29, 1.82) is 0 Å². The van der Waals surface area contributed by atoms with E-state index in [0.717, 1.165) is 66.8 Å². The lowest BCUT2D eigenvalue weighted by molar-refractivity contribution is -0.158. The largest absolute Gasteiger partial charge is 0.378 e. The fourth-order valence-corrected chi connectivity index (χ4v) is 15.2. The first kappa shape index (κ1) is 31.1. The van der Waals surface area contributed by atoms with Crippen LogP contribution in [0.3, 0.4) is 0 Å². The Hall–Kier alpha value is -0.570. The van der Waals surface area contributed by atoms with Crippen molar-refractivity contribution in [2.45, 2.75) is 163 Å². The summed E-state index contributed by atoms with van der Waals surface area (Å²) in [5.41, 5.74) is 2.21. The van der Waals surface area contributed by atoms with Gasteiger partial charge in [0.25, 0.3) is 0 Å². The lowest BCUT2D eigenvalue weighted by Gasteiger charge is -2.61. The average Bonchev–Trinajstić information content (AvgIpc) is 3.66. The average molecular weight is 594 g/mol. The third-order valence-corrected chi connectivity index (χ3v) is 17.7. The number of likely N-dealkylation sites (tertiary alicyclic amines) is 1. The van der Waals surface area contributed by atoms with Crippen molar-refractivity contribution in [3.05, 3.63) is 0 Å². The zero-order valence-electron chi connectivity index (χ0n) is 29.3. The van der Waals surface area contributed by atoms with Crippen molar-refractivity contribution >= 4 is 5.91 Å². The summed E-state index contributed by atoms with van der Waals surface area (Å²) in [6.45, 7) is 16.2. The van der Waals surface area contributed by atoms with Crippen LogP contribution in [0.15, 0.2) is 0 Å². The number of rotatable bonds is 2. The molecule has 3 heteroatoms. The quantitative estimate of drug-likeness (QED) is 0.319. The Labute approximate surface area is 265 Å². The van der Waals surface area contributed by atoms with E-state index in [1.165, 1.54) is 96.3 Å². The summed E-state index contributed by atoms with van der Waals surface area (Å²) in [7, 11) is 2.07. The number of hydrogen-bond donors (Lipinski definition) is 0. The van der Waals surface area contributed by atoms with Gasteiger partial charge < -0.3 is 9.64 Å². The van der Waals surface area contributed by atoms with Gasteiger partial charge in [-0.15, -0.1) is 0 Å². The van der Waals surface area contributed by atoms with Gasteiger partial charge in [-0.05, 0) is 159 Å².